The van der Waals surface area contributed by atoms with Crippen LogP contribution in [0.15, 0.2) is 0 Å². The van der Waals surface area contributed by atoms with Gasteiger partial charge in [0.05, 0.1) is 6.04 Å². The number of carbonyl (C=O) groups is 2. The number of likely N-dealkylation sites (N-methyl/N-ethyl adjacent to an activating group) is 1. The molecule has 0 radical (unpaired) electrons. The van der Waals surface area contributed by atoms with Gasteiger partial charge in [0.25, 0.3) is 0 Å². The fraction of sp³-hybridized carbons (Fsp3) is 0.833. The maximum Gasteiger partial charge on any atom is 0.329 e. The first-order chi connectivity index (χ1) is 7.91. The maximum absolute atomic E-state index is 12.3. The summed E-state index contributed by atoms with van der Waals surface area (Å²) in [6, 6.07) is -0.220. The van der Waals surface area contributed by atoms with Gasteiger partial charge in [0, 0.05) is 6.54 Å². The van der Waals surface area contributed by atoms with Gasteiger partial charge in [-0.2, -0.15) is 0 Å². The van der Waals surface area contributed by atoms with E-state index in [2.05, 4.69) is 5.32 Å². The Morgan fingerprint density at radius 1 is 1.41 bits per heavy atom. The summed E-state index contributed by atoms with van der Waals surface area (Å²) in [4.78, 5) is 24.9. The first-order valence-corrected chi connectivity index (χ1v) is 6.19. The number of carboxylic acid groups (broad SMARTS) is 1. The molecule has 1 aliphatic rings. The standard InChI is InChI=1S/C12H22N2O3/c1-4-14(12(2,3)11(16)17)10(15)9-7-5-6-8-13-9/h9,13H,4-8H2,1-3H3,(H,16,17). The van der Waals surface area contributed by atoms with Crippen LogP contribution in [0.5, 0.6) is 0 Å². The van der Waals surface area contributed by atoms with Crippen LogP contribution in [0.2, 0.25) is 0 Å². The van der Waals surface area contributed by atoms with Crippen molar-refractivity contribution in [3.8, 4) is 0 Å². The molecular formula is C12H22N2O3. The highest BCUT2D eigenvalue weighted by Gasteiger charge is 2.39. The molecule has 0 bridgehead atoms. The van der Waals surface area contributed by atoms with E-state index in [1.54, 1.807) is 13.8 Å². The highest BCUT2D eigenvalue weighted by atomic mass is 16.4. The van der Waals surface area contributed by atoms with Crippen LogP contribution in [-0.4, -0.2) is 46.6 Å². The summed E-state index contributed by atoms with van der Waals surface area (Å²) in [5.74, 6) is -1.07. The minimum Gasteiger partial charge on any atom is -0.480 e. The highest BCUT2D eigenvalue weighted by molar-refractivity contribution is 5.89. The van der Waals surface area contributed by atoms with Gasteiger partial charge in [-0.05, 0) is 40.2 Å². The molecule has 1 saturated heterocycles. The minimum absolute atomic E-state index is 0.0976. The van der Waals surface area contributed by atoms with Crippen molar-refractivity contribution in [1.29, 1.82) is 0 Å². The number of piperidine rings is 1. The number of carboxylic acids is 1. The molecule has 5 nitrogen and oxygen atoms in total. The molecular weight excluding hydrogens is 220 g/mol. The van der Waals surface area contributed by atoms with E-state index in [4.69, 9.17) is 0 Å². The second kappa shape index (κ2) is 5.49. The summed E-state index contributed by atoms with van der Waals surface area (Å²) in [6.07, 6.45) is 2.90. The van der Waals surface area contributed by atoms with E-state index in [9.17, 15) is 14.7 Å². The fourth-order valence-corrected chi connectivity index (χ4v) is 2.19. The Balaban J connectivity index is 2.79. The zero-order chi connectivity index (χ0) is 13.1. The molecule has 5 heteroatoms. The van der Waals surface area contributed by atoms with E-state index in [1.807, 2.05) is 6.92 Å². The maximum atomic E-state index is 12.3. The number of carbonyl (C=O) groups excluding carboxylic acids is 1. The third-order valence-corrected chi connectivity index (χ3v) is 3.39. The largest absolute Gasteiger partial charge is 0.480 e. The molecule has 1 unspecified atom stereocenters. The van der Waals surface area contributed by atoms with Crippen LogP contribution >= 0.6 is 0 Å². The molecule has 98 valence electrons. The Morgan fingerprint density at radius 3 is 2.47 bits per heavy atom. The Hall–Kier alpha value is -1.10. The van der Waals surface area contributed by atoms with Gasteiger partial charge >= 0.3 is 5.97 Å². The molecule has 17 heavy (non-hydrogen) atoms. The normalized spacial score (nSPS) is 21.0. The highest BCUT2D eigenvalue weighted by Crippen LogP contribution is 2.18. The molecule has 0 spiro atoms. The molecule has 1 atom stereocenters. The lowest BCUT2D eigenvalue weighted by atomic mass is 9.98. The molecule has 0 saturated carbocycles. The average molecular weight is 242 g/mol. The van der Waals surface area contributed by atoms with Crippen molar-refractivity contribution in [1.82, 2.24) is 10.2 Å². The van der Waals surface area contributed by atoms with Gasteiger partial charge in [-0.15, -0.1) is 0 Å². The van der Waals surface area contributed by atoms with E-state index >= 15 is 0 Å². The molecule has 0 aromatic rings. The Bertz CT molecular complexity index is 296. The van der Waals surface area contributed by atoms with Gasteiger partial charge in [-0.25, -0.2) is 4.79 Å². The minimum atomic E-state index is -1.15. The van der Waals surface area contributed by atoms with Gasteiger partial charge in [0.2, 0.25) is 5.91 Å². The van der Waals surface area contributed by atoms with Gasteiger partial charge in [-0.3, -0.25) is 4.79 Å². The lowest BCUT2D eigenvalue weighted by Gasteiger charge is -2.37. The van der Waals surface area contributed by atoms with Gasteiger partial charge < -0.3 is 15.3 Å². The molecule has 0 aromatic carbocycles. The van der Waals surface area contributed by atoms with Gasteiger partial charge in [0.15, 0.2) is 0 Å². The number of aliphatic carboxylic acids is 1. The van der Waals surface area contributed by atoms with Gasteiger partial charge in [-0.1, -0.05) is 6.42 Å². The van der Waals surface area contributed by atoms with Crippen molar-refractivity contribution in [2.24, 2.45) is 0 Å². The Kier molecular flexibility index (Phi) is 4.51. The van der Waals surface area contributed by atoms with Crippen LogP contribution in [0.4, 0.5) is 0 Å². The molecule has 1 fully saturated rings. The van der Waals surface area contributed by atoms with Crippen molar-refractivity contribution in [3.05, 3.63) is 0 Å². The van der Waals surface area contributed by atoms with Crippen LogP contribution in [0.3, 0.4) is 0 Å². The first kappa shape index (κ1) is 14.0. The Morgan fingerprint density at radius 2 is 2.06 bits per heavy atom. The number of rotatable bonds is 4. The smallest absolute Gasteiger partial charge is 0.329 e. The number of hydrogen-bond donors (Lipinski definition) is 2. The summed E-state index contributed by atoms with van der Waals surface area (Å²) >= 11 is 0. The average Bonchev–Trinajstić information content (AvgIpc) is 2.30. The SMILES string of the molecule is CCN(C(=O)C1CCCCN1)C(C)(C)C(=O)O. The van der Waals surface area contributed by atoms with E-state index in [0.717, 1.165) is 25.8 Å². The molecule has 0 aromatic heterocycles. The molecule has 1 aliphatic heterocycles. The van der Waals surface area contributed by atoms with E-state index in [0.29, 0.717) is 6.54 Å². The molecule has 0 aliphatic carbocycles. The second-order valence-electron chi connectivity index (χ2n) is 4.95. The topological polar surface area (TPSA) is 69.6 Å². The lowest BCUT2D eigenvalue weighted by Crippen LogP contribution is -2.58. The van der Waals surface area contributed by atoms with Crippen molar-refractivity contribution < 1.29 is 14.7 Å². The third-order valence-electron chi connectivity index (χ3n) is 3.39. The van der Waals surface area contributed by atoms with Crippen molar-refractivity contribution in [2.75, 3.05) is 13.1 Å². The lowest BCUT2D eigenvalue weighted by molar-refractivity contribution is -0.157. The van der Waals surface area contributed by atoms with Crippen LogP contribution in [0, 0.1) is 0 Å². The summed E-state index contributed by atoms with van der Waals surface area (Å²) in [5.41, 5.74) is -1.15. The molecule has 1 amide bonds. The first-order valence-electron chi connectivity index (χ1n) is 6.19. The second-order valence-corrected chi connectivity index (χ2v) is 4.95. The molecule has 1 heterocycles. The van der Waals surface area contributed by atoms with E-state index < -0.39 is 11.5 Å². The number of nitrogens with zero attached hydrogens (tertiary/aromatic N) is 1. The quantitative estimate of drug-likeness (QED) is 0.766. The summed E-state index contributed by atoms with van der Waals surface area (Å²) in [6.45, 7) is 6.20. The van der Waals surface area contributed by atoms with E-state index in [1.165, 1.54) is 4.90 Å². The van der Waals surface area contributed by atoms with Crippen LogP contribution < -0.4 is 5.32 Å². The van der Waals surface area contributed by atoms with Crippen LogP contribution in [0.1, 0.15) is 40.0 Å². The number of amides is 1. The van der Waals surface area contributed by atoms with Gasteiger partial charge in [0.1, 0.15) is 5.54 Å². The van der Waals surface area contributed by atoms with Crippen molar-refractivity contribution in [3.63, 3.8) is 0 Å². The summed E-state index contributed by atoms with van der Waals surface area (Å²) in [7, 11) is 0. The van der Waals surface area contributed by atoms with Crippen molar-refractivity contribution >= 4 is 11.9 Å². The van der Waals surface area contributed by atoms with Crippen LogP contribution in [-0.2, 0) is 9.59 Å². The molecule has 1 rings (SSSR count). The Labute approximate surface area is 102 Å². The van der Waals surface area contributed by atoms with Crippen LogP contribution in [0.25, 0.3) is 0 Å². The summed E-state index contributed by atoms with van der Waals surface area (Å²) in [5, 5.41) is 12.3. The molecule has 2 N–H and O–H groups in total. The van der Waals surface area contributed by atoms with Crippen molar-refractivity contribution in [2.45, 2.75) is 51.6 Å². The van der Waals surface area contributed by atoms with E-state index in [-0.39, 0.29) is 11.9 Å². The third kappa shape index (κ3) is 2.97. The fourth-order valence-electron chi connectivity index (χ4n) is 2.19. The zero-order valence-electron chi connectivity index (χ0n) is 10.8. The summed E-state index contributed by atoms with van der Waals surface area (Å²) < 4.78 is 0. The number of hydrogen-bond acceptors (Lipinski definition) is 3. The predicted molar refractivity (Wildman–Crippen MR) is 64.7 cm³/mol. The number of nitrogens with one attached hydrogen (secondary N) is 1. The predicted octanol–water partition coefficient (Wildman–Crippen LogP) is 0.840. The zero-order valence-corrected chi connectivity index (χ0v) is 10.8. The monoisotopic (exact) mass is 242 g/mol.